The van der Waals surface area contributed by atoms with Gasteiger partial charge in [-0.05, 0) is 51.8 Å². The standard InChI is InChI=1S/C24H29N7O/c1-15-7-6-11-25-24(15)28-22-13-21(26-18(4)27-22)19-10-12-31(14-19)23(32)9-8-20-16(2)29-30(5)17(20)3/h6-9,11,13,19H,10,12,14H2,1-5H3,(H,25,26,27,28)/b9-8+/t19-/m1/s1. The average Bonchev–Trinajstić information content (AvgIpc) is 3.33. The predicted molar refractivity (Wildman–Crippen MR) is 125 cm³/mol. The molecule has 1 amide bonds. The van der Waals surface area contributed by atoms with Crippen LogP contribution in [-0.4, -0.2) is 48.6 Å². The third-order valence-corrected chi connectivity index (χ3v) is 5.99. The molecule has 0 unspecified atom stereocenters. The van der Waals surface area contributed by atoms with E-state index in [0.717, 1.165) is 46.3 Å². The molecule has 0 spiro atoms. The normalized spacial score (nSPS) is 16.2. The molecule has 0 saturated carbocycles. The number of rotatable bonds is 5. The van der Waals surface area contributed by atoms with Gasteiger partial charge in [-0.1, -0.05) is 6.07 Å². The van der Waals surface area contributed by atoms with Gasteiger partial charge in [0.2, 0.25) is 5.91 Å². The van der Waals surface area contributed by atoms with Crippen LogP contribution in [0.15, 0.2) is 30.5 Å². The minimum atomic E-state index is 0.0170. The summed E-state index contributed by atoms with van der Waals surface area (Å²) in [5.41, 5.74) is 4.97. The summed E-state index contributed by atoms with van der Waals surface area (Å²) in [5, 5.41) is 7.71. The second-order valence-electron chi connectivity index (χ2n) is 8.33. The van der Waals surface area contributed by atoms with Gasteiger partial charge in [-0.15, -0.1) is 0 Å². The number of hydrogen-bond acceptors (Lipinski definition) is 6. The molecule has 32 heavy (non-hydrogen) atoms. The second kappa shape index (κ2) is 8.90. The van der Waals surface area contributed by atoms with Crippen LogP contribution in [0.3, 0.4) is 0 Å². The molecule has 166 valence electrons. The zero-order valence-electron chi connectivity index (χ0n) is 19.3. The summed E-state index contributed by atoms with van der Waals surface area (Å²) >= 11 is 0. The first-order valence-corrected chi connectivity index (χ1v) is 10.8. The van der Waals surface area contributed by atoms with Gasteiger partial charge in [0.25, 0.3) is 0 Å². The van der Waals surface area contributed by atoms with Crippen LogP contribution < -0.4 is 5.32 Å². The summed E-state index contributed by atoms with van der Waals surface area (Å²) in [6, 6.07) is 5.89. The Morgan fingerprint density at radius 2 is 2.03 bits per heavy atom. The van der Waals surface area contributed by atoms with E-state index < -0.39 is 0 Å². The minimum absolute atomic E-state index is 0.0170. The van der Waals surface area contributed by atoms with Gasteiger partial charge in [0, 0.05) is 55.7 Å². The third kappa shape index (κ3) is 4.54. The third-order valence-electron chi connectivity index (χ3n) is 5.99. The van der Waals surface area contributed by atoms with E-state index >= 15 is 0 Å². The minimum Gasteiger partial charge on any atom is -0.338 e. The van der Waals surface area contributed by atoms with Crippen molar-refractivity contribution in [3.63, 3.8) is 0 Å². The van der Waals surface area contributed by atoms with Crippen LogP contribution in [0.1, 0.15) is 46.4 Å². The van der Waals surface area contributed by atoms with Crippen molar-refractivity contribution in [3.8, 4) is 0 Å². The Hall–Kier alpha value is -3.55. The first-order valence-electron chi connectivity index (χ1n) is 10.8. The molecule has 1 aliphatic heterocycles. The van der Waals surface area contributed by atoms with E-state index in [1.165, 1.54) is 0 Å². The van der Waals surface area contributed by atoms with Gasteiger partial charge < -0.3 is 10.2 Å². The summed E-state index contributed by atoms with van der Waals surface area (Å²) < 4.78 is 1.83. The molecule has 0 bridgehead atoms. The summed E-state index contributed by atoms with van der Waals surface area (Å²) in [6.07, 6.45) is 6.16. The van der Waals surface area contributed by atoms with E-state index in [0.29, 0.717) is 18.9 Å². The summed E-state index contributed by atoms with van der Waals surface area (Å²) in [5.74, 6) is 2.41. The summed E-state index contributed by atoms with van der Waals surface area (Å²) in [4.78, 5) is 28.2. The highest BCUT2D eigenvalue weighted by Crippen LogP contribution is 2.28. The van der Waals surface area contributed by atoms with Crippen molar-refractivity contribution in [2.24, 2.45) is 7.05 Å². The van der Waals surface area contributed by atoms with Crippen LogP contribution in [0.25, 0.3) is 6.08 Å². The highest BCUT2D eigenvalue weighted by molar-refractivity contribution is 5.92. The summed E-state index contributed by atoms with van der Waals surface area (Å²) in [6.45, 7) is 9.21. The molecular formula is C24H29N7O. The molecule has 1 aliphatic rings. The Bertz CT molecular complexity index is 1180. The topological polar surface area (TPSA) is 88.8 Å². The molecule has 3 aromatic heterocycles. The fraction of sp³-hybridized carbons (Fsp3) is 0.375. The van der Waals surface area contributed by atoms with Gasteiger partial charge in [0.15, 0.2) is 0 Å². The largest absolute Gasteiger partial charge is 0.338 e. The lowest BCUT2D eigenvalue weighted by atomic mass is 10.0. The van der Waals surface area contributed by atoms with E-state index in [9.17, 15) is 4.79 Å². The Balaban J connectivity index is 1.46. The molecule has 4 rings (SSSR count). The van der Waals surface area contributed by atoms with Crippen molar-refractivity contribution in [1.29, 1.82) is 0 Å². The van der Waals surface area contributed by atoms with Crippen LogP contribution in [0.2, 0.25) is 0 Å². The van der Waals surface area contributed by atoms with Crippen molar-refractivity contribution in [2.75, 3.05) is 18.4 Å². The van der Waals surface area contributed by atoms with Gasteiger partial charge in [0.1, 0.15) is 17.5 Å². The Morgan fingerprint density at radius 1 is 1.22 bits per heavy atom. The zero-order valence-corrected chi connectivity index (χ0v) is 19.3. The van der Waals surface area contributed by atoms with E-state index in [1.807, 2.05) is 68.6 Å². The van der Waals surface area contributed by atoms with Crippen LogP contribution in [0.5, 0.6) is 0 Å². The van der Waals surface area contributed by atoms with Crippen LogP contribution in [0.4, 0.5) is 11.6 Å². The molecular weight excluding hydrogens is 402 g/mol. The number of likely N-dealkylation sites (tertiary alicyclic amines) is 1. The number of aromatic nitrogens is 5. The zero-order chi connectivity index (χ0) is 22.8. The molecule has 0 radical (unpaired) electrons. The number of nitrogens with zero attached hydrogens (tertiary/aromatic N) is 6. The number of nitrogens with one attached hydrogen (secondary N) is 1. The first kappa shape index (κ1) is 21.7. The molecule has 8 nitrogen and oxygen atoms in total. The molecule has 1 atom stereocenters. The first-order chi connectivity index (χ1) is 15.3. The molecule has 0 aliphatic carbocycles. The second-order valence-corrected chi connectivity index (χ2v) is 8.33. The van der Waals surface area contributed by atoms with Crippen LogP contribution >= 0.6 is 0 Å². The van der Waals surface area contributed by atoms with E-state index in [4.69, 9.17) is 0 Å². The number of carbonyl (C=O) groups excluding carboxylic acids is 1. The molecule has 3 aromatic rings. The maximum Gasteiger partial charge on any atom is 0.246 e. The van der Waals surface area contributed by atoms with E-state index in [1.54, 1.807) is 12.3 Å². The molecule has 1 saturated heterocycles. The summed E-state index contributed by atoms with van der Waals surface area (Å²) in [7, 11) is 1.91. The molecule has 8 heteroatoms. The average molecular weight is 432 g/mol. The van der Waals surface area contributed by atoms with Gasteiger partial charge in [-0.2, -0.15) is 5.10 Å². The number of pyridine rings is 1. The van der Waals surface area contributed by atoms with Crippen molar-refractivity contribution in [3.05, 3.63) is 64.5 Å². The quantitative estimate of drug-likeness (QED) is 0.621. The van der Waals surface area contributed by atoms with Gasteiger partial charge in [-0.3, -0.25) is 9.48 Å². The predicted octanol–water partition coefficient (Wildman–Crippen LogP) is 3.61. The molecule has 0 aromatic carbocycles. The van der Waals surface area contributed by atoms with E-state index in [-0.39, 0.29) is 11.8 Å². The molecule has 4 heterocycles. The Kier molecular flexibility index (Phi) is 6.03. The lowest BCUT2D eigenvalue weighted by molar-refractivity contribution is -0.124. The SMILES string of the molecule is Cc1nc(Nc2ncccc2C)cc([C@@H]2CCN(C(=O)/C=C/c3c(C)nn(C)c3C)C2)n1. The van der Waals surface area contributed by atoms with Crippen molar-refractivity contribution < 1.29 is 4.79 Å². The highest BCUT2D eigenvalue weighted by atomic mass is 16.2. The van der Waals surface area contributed by atoms with Gasteiger partial charge in [0.05, 0.1) is 11.4 Å². The fourth-order valence-corrected chi connectivity index (χ4v) is 4.09. The number of carbonyl (C=O) groups is 1. The molecule has 1 N–H and O–H groups in total. The van der Waals surface area contributed by atoms with Gasteiger partial charge >= 0.3 is 0 Å². The van der Waals surface area contributed by atoms with Gasteiger partial charge in [-0.25, -0.2) is 15.0 Å². The Labute approximate surface area is 188 Å². The number of aryl methyl sites for hydroxylation is 4. The highest BCUT2D eigenvalue weighted by Gasteiger charge is 2.28. The Morgan fingerprint density at radius 3 is 2.75 bits per heavy atom. The monoisotopic (exact) mass is 431 g/mol. The van der Waals surface area contributed by atoms with E-state index in [2.05, 4.69) is 25.4 Å². The lowest BCUT2D eigenvalue weighted by Crippen LogP contribution is -2.26. The molecule has 1 fully saturated rings. The van der Waals surface area contributed by atoms with Crippen molar-refractivity contribution in [1.82, 2.24) is 29.6 Å². The van der Waals surface area contributed by atoms with Crippen LogP contribution in [0, 0.1) is 27.7 Å². The smallest absolute Gasteiger partial charge is 0.246 e. The van der Waals surface area contributed by atoms with Crippen molar-refractivity contribution >= 4 is 23.6 Å². The number of hydrogen-bond donors (Lipinski definition) is 1. The number of anilines is 2. The lowest BCUT2D eigenvalue weighted by Gasteiger charge is -2.15. The maximum atomic E-state index is 12.8. The van der Waals surface area contributed by atoms with Crippen LogP contribution in [-0.2, 0) is 11.8 Å². The fourth-order valence-electron chi connectivity index (χ4n) is 4.09. The number of amides is 1. The maximum absolute atomic E-state index is 12.8. The van der Waals surface area contributed by atoms with Crippen molar-refractivity contribution in [2.45, 2.75) is 40.0 Å².